The quantitative estimate of drug-likeness (QED) is 0.639. The van der Waals surface area contributed by atoms with Crippen molar-refractivity contribution in [2.75, 3.05) is 16.2 Å². The monoisotopic (exact) mass is 432 g/mol. The molecule has 0 fully saturated rings. The number of carbonyl (C=O) groups excluding carboxylic acids is 2. The van der Waals surface area contributed by atoms with Crippen molar-refractivity contribution in [3.05, 3.63) is 54.1 Å². The Morgan fingerprint density at radius 3 is 2.00 bits per heavy atom. The van der Waals surface area contributed by atoms with Crippen molar-refractivity contribution in [2.45, 2.75) is 51.5 Å². The second kappa shape index (κ2) is 9.75. The maximum Gasteiger partial charge on any atom is 0.327 e. The summed E-state index contributed by atoms with van der Waals surface area (Å²) in [5, 5.41) is 2.59. The lowest BCUT2D eigenvalue weighted by Crippen LogP contribution is -2.37. The van der Waals surface area contributed by atoms with Gasteiger partial charge in [-0.25, -0.2) is 8.42 Å². The fraction of sp³-hybridized carbons (Fsp3) is 0.364. The highest BCUT2D eigenvalue weighted by Gasteiger charge is 2.28. The molecule has 0 unspecified atom stereocenters. The lowest BCUT2D eigenvalue weighted by atomic mass is 10.0. The van der Waals surface area contributed by atoms with E-state index in [9.17, 15) is 18.0 Å². The number of nitrogens with zero attached hydrogens (tertiary/aromatic N) is 1. The molecule has 2 aromatic rings. The highest BCUT2D eigenvalue weighted by atomic mass is 32.2. The molecular formula is C22H28N2O5S. The number of nitrogens with one attached hydrogen (secondary N) is 1. The molecule has 0 saturated heterocycles. The summed E-state index contributed by atoms with van der Waals surface area (Å²) in [6.07, 6.45) is -0.359. The molecule has 2 aromatic carbocycles. The van der Waals surface area contributed by atoms with Crippen LogP contribution in [0.2, 0.25) is 0 Å². The fourth-order valence-electron chi connectivity index (χ4n) is 2.80. The maximum absolute atomic E-state index is 13.3. The van der Waals surface area contributed by atoms with E-state index in [1.54, 1.807) is 26.0 Å². The Labute approximate surface area is 178 Å². The summed E-state index contributed by atoms with van der Waals surface area (Å²) < 4.78 is 32.9. The van der Waals surface area contributed by atoms with Crippen LogP contribution in [0.3, 0.4) is 0 Å². The first kappa shape index (κ1) is 23.4. The van der Waals surface area contributed by atoms with E-state index in [0.29, 0.717) is 11.4 Å². The van der Waals surface area contributed by atoms with E-state index in [-0.39, 0.29) is 22.8 Å². The molecule has 0 aliphatic heterocycles. The molecule has 0 aliphatic carbocycles. The minimum Gasteiger partial charge on any atom is -0.462 e. The maximum atomic E-state index is 13.3. The van der Waals surface area contributed by atoms with Gasteiger partial charge in [0.2, 0.25) is 5.91 Å². The lowest BCUT2D eigenvalue weighted by molar-refractivity contribution is -0.145. The summed E-state index contributed by atoms with van der Waals surface area (Å²) in [6.45, 7) is 8.41. The van der Waals surface area contributed by atoms with E-state index in [1.807, 2.05) is 26.0 Å². The van der Waals surface area contributed by atoms with Gasteiger partial charge in [-0.2, -0.15) is 0 Å². The predicted octanol–water partition coefficient (Wildman–Crippen LogP) is 3.92. The number of hydrogen-bond acceptors (Lipinski definition) is 5. The van der Waals surface area contributed by atoms with Crippen LogP contribution in [0.1, 0.15) is 46.1 Å². The molecule has 0 aromatic heterocycles. The lowest BCUT2D eigenvalue weighted by Gasteiger charge is -2.24. The van der Waals surface area contributed by atoms with Gasteiger partial charge in [0.1, 0.15) is 6.54 Å². The first-order valence-corrected chi connectivity index (χ1v) is 11.1. The van der Waals surface area contributed by atoms with Gasteiger partial charge >= 0.3 is 5.97 Å². The molecule has 162 valence electrons. The summed E-state index contributed by atoms with van der Waals surface area (Å²) >= 11 is 0. The third-order valence-electron chi connectivity index (χ3n) is 4.25. The van der Waals surface area contributed by atoms with Crippen LogP contribution >= 0.6 is 0 Å². The normalized spacial score (nSPS) is 11.4. The molecule has 30 heavy (non-hydrogen) atoms. The number of hydrogen-bond donors (Lipinski definition) is 1. The van der Waals surface area contributed by atoms with Gasteiger partial charge in [-0.05, 0) is 61.7 Å². The Morgan fingerprint density at radius 1 is 0.967 bits per heavy atom. The van der Waals surface area contributed by atoms with Gasteiger partial charge < -0.3 is 10.1 Å². The van der Waals surface area contributed by atoms with Crippen LogP contribution in [0.4, 0.5) is 11.4 Å². The van der Waals surface area contributed by atoms with Gasteiger partial charge in [0.25, 0.3) is 10.0 Å². The molecule has 0 aliphatic rings. The average molecular weight is 433 g/mol. The van der Waals surface area contributed by atoms with Gasteiger partial charge in [-0.3, -0.25) is 13.9 Å². The van der Waals surface area contributed by atoms with E-state index in [4.69, 9.17) is 4.74 Å². The van der Waals surface area contributed by atoms with E-state index in [2.05, 4.69) is 5.32 Å². The number of sulfonamides is 1. The molecule has 8 heteroatoms. The second-order valence-electron chi connectivity index (χ2n) is 7.50. The molecule has 0 saturated carbocycles. The van der Waals surface area contributed by atoms with Crippen molar-refractivity contribution < 1.29 is 22.7 Å². The van der Waals surface area contributed by atoms with Crippen LogP contribution in [0.15, 0.2) is 53.4 Å². The molecular weight excluding hydrogens is 404 g/mol. The Kier molecular flexibility index (Phi) is 7.61. The summed E-state index contributed by atoms with van der Waals surface area (Å²) in [5.74, 6) is -0.610. The van der Waals surface area contributed by atoms with Crippen molar-refractivity contribution >= 4 is 33.3 Å². The molecule has 0 atom stereocenters. The zero-order valence-corrected chi connectivity index (χ0v) is 18.7. The Balaban J connectivity index is 2.43. The number of benzene rings is 2. The zero-order chi connectivity index (χ0) is 22.5. The molecule has 0 heterocycles. The molecule has 0 spiro atoms. The van der Waals surface area contributed by atoms with Gasteiger partial charge in [0.15, 0.2) is 0 Å². The highest BCUT2D eigenvalue weighted by molar-refractivity contribution is 7.92. The predicted molar refractivity (Wildman–Crippen MR) is 117 cm³/mol. The van der Waals surface area contributed by atoms with Crippen molar-refractivity contribution in [1.29, 1.82) is 0 Å². The van der Waals surface area contributed by atoms with E-state index < -0.39 is 22.5 Å². The topological polar surface area (TPSA) is 92.8 Å². The first-order chi connectivity index (χ1) is 14.0. The minimum atomic E-state index is -4.04. The van der Waals surface area contributed by atoms with Gasteiger partial charge in [0.05, 0.1) is 16.7 Å². The van der Waals surface area contributed by atoms with Gasteiger partial charge in [0, 0.05) is 12.6 Å². The zero-order valence-electron chi connectivity index (χ0n) is 17.9. The standard InChI is InChI=1S/C22H28N2O5S/c1-15(2)18-6-10-20(11-7-18)24(14-22(26)29-16(3)4)30(27,28)21-12-8-19(9-13-21)23-17(5)25/h6-13,15-16H,14H2,1-5H3,(H,23,25). The molecule has 0 bridgehead atoms. The molecule has 1 amide bonds. The Morgan fingerprint density at radius 2 is 1.53 bits per heavy atom. The SMILES string of the molecule is CC(=O)Nc1ccc(S(=O)(=O)N(CC(=O)OC(C)C)c2ccc(C(C)C)cc2)cc1. The number of rotatable bonds is 8. The van der Waals surface area contributed by atoms with E-state index in [0.717, 1.165) is 9.87 Å². The fourth-order valence-corrected chi connectivity index (χ4v) is 4.21. The van der Waals surface area contributed by atoms with Crippen LogP contribution < -0.4 is 9.62 Å². The number of amides is 1. The van der Waals surface area contributed by atoms with Crippen LogP contribution in [0, 0.1) is 0 Å². The largest absolute Gasteiger partial charge is 0.462 e. The van der Waals surface area contributed by atoms with Crippen LogP contribution in [0.5, 0.6) is 0 Å². The Bertz CT molecular complexity index is 981. The highest BCUT2D eigenvalue weighted by Crippen LogP contribution is 2.26. The number of ether oxygens (including phenoxy) is 1. The number of esters is 1. The van der Waals surface area contributed by atoms with Crippen molar-refractivity contribution in [3.63, 3.8) is 0 Å². The molecule has 0 radical (unpaired) electrons. The first-order valence-electron chi connectivity index (χ1n) is 9.70. The Hall–Kier alpha value is -2.87. The van der Waals surface area contributed by atoms with E-state index in [1.165, 1.54) is 31.2 Å². The smallest absolute Gasteiger partial charge is 0.327 e. The number of carbonyl (C=O) groups is 2. The van der Waals surface area contributed by atoms with Gasteiger partial charge in [-0.1, -0.05) is 26.0 Å². The van der Waals surface area contributed by atoms with Crippen LogP contribution in [0.25, 0.3) is 0 Å². The molecule has 7 nitrogen and oxygen atoms in total. The van der Waals surface area contributed by atoms with Crippen molar-refractivity contribution in [3.8, 4) is 0 Å². The van der Waals surface area contributed by atoms with Crippen LogP contribution in [-0.4, -0.2) is 32.9 Å². The second-order valence-corrected chi connectivity index (χ2v) is 9.36. The summed E-state index contributed by atoms with van der Waals surface area (Å²) in [6, 6.07) is 12.8. The third-order valence-corrected chi connectivity index (χ3v) is 6.04. The molecule has 1 N–H and O–H groups in total. The van der Waals surface area contributed by atoms with Crippen LogP contribution in [-0.2, 0) is 24.3 Å². The average Bonchev–Trinajstić information content (AvgIpc) is 2.65. The van der Waals surface area contributed by atoms with Crippen molar-refractivity contribution in [2.24, 2.45) is 0 Å². The summed E-state index contributed by atoms with van der Waals surface area (Å²) in [4.78, 5) is 23.5. The minimum absolute atomic E-state index is 0.00175. The third kappa shape index (κ3) is 6.06. The van der Waals surface area contributed by atoms with E-state index >= 15 is 0 Å². The summed E-state index contributed by atoms with van der Waals surface area (Å²) in [7, 11) is -4.04. The number of anilines is 2. The van der Waals surface area contributed by atoms with Gasteiger partial charge in [-0.15, -0.1) is 0 Å². The summed E-state index contributed by atoms with van der Waals surface area (Å²) in [5.41, 5.74) is 1.90. The van der Waals surface area contributed by atoms with Crippen molar-refractivity contribution in [1.82, 2.24) is 0 Å². The molecule has 2 rings (SSSR count).